The molecule has 1 aromatic carbocycles. The van der Waals surface area contributed by atoms with E-state index >= 15 is 0 Å². The van der Waals surface area contributed by atoms with E-state index in [-0.39, 0.29) is 18.6 Å². The van der Waals surface area contributed by atoms with Crippen LogP contribution < -0.4 is 10.1 Å². The Bertz CT molecular complexity index is 965. The van der Waals surface area contributed by atoms with Crippen LogP contribution in [0, 0.1) is 6.92 Å². The molecule has 29 heavy (non-hydrogen) atoms. The Morgan fingerprint density at radius 2 is 2.24 bits per heavy atom. The van der Waals surface area contributed by atoms with Crippen molar-refractivity contribution < 1.29 is 18.7 Å². The van der Waals surface area contributed by atoms with Gasteiger partial charge in [-0.25, -0.2) is 0 Å². The molecule has 0 aliphatic carbocycles. The standard InChI is InChI=1S/C21H21ClN2O4S/c1-13-9-14(6-7-18(13)22)27-12-17-5-4-15(28-17)10-19-20(25)24(21(29)23-19)11-16-3-2-8-26-16/h4-7,9-10,16H,2-3,8,11-12H2,1H3,(H,23,29)/b19-10+. The van der Waals surface area contributed by atoms with Crippen LogP contribution in [0.15, 0.2) is 40.4 Å². The van der Waals surface area contributed by atoms with Gasteiger partial charge in [0, 0.05) is 17.7 Å². The summed E-state index contributed by atoms with van der Waals surface area (Å²) in [5, 5.41) is 4.06. The average Bonchev–Trinajstić information content (AvgIpc) is 3.42. The highest BCUT2D eigenvalue weighted by atomic mass is 35.5. The van der Waals surface area contributed by atoms with E-state index in [4.69, 9.17) is 37.7 Å². The van der Waals surface area contributed by atoms with Crippen LogP contribution >= 0.6 is 23.8 Å². The minimum absolute atomic E-state index is 0.0434. The molecule has 2 saturated heterocycles. The third-order valence-corrected chi connectivity index (χ3v) is 5.60. The van der Waals surface area contributed by atoms with Gasteiger partial charge in [0.05, 0.1) is 12.6 Å². The quantitative estimate of drug-likeness (QED) is 0.548. The van der Waals surface area contributed by atoms with Crippen molar-refractivity contribution in [3.63, 3.8) is 0 Å². The molecule has 2 fully saturated rings. The van der Waals surface area contributed by atoms with Gasteiger partial charge in [-0.2, -0.15) is 0 Å². The first-order valence-corrected chi connectivity index (χ1v) is 10.2. The summed E-state index contributed by atoms with van der Waals surface area (Å²) in [6, 6.07) is 9.09. The normalized spacial score (nSPS) is 20.6. The molecule has 2 aliphatic heterocycles. The Kier molecular flexibility index (Phi) is 5.89. The van der Waals surface area contributed by atoms with Gasteiger partial charge in [-0.3, -0.25) is 9.69 Å². The van der Waals surface area contributed by atoms with Crippen LogP contribution in [0.1, 0.15) is 29.9 Å². The Labute approximate surface area is 179 Å². The zero-order valence-electron chi connectivity index (χ0n) is 15.9. The Morgan fingerprint density at radius 1 is 1.38 bits per heavy atom. The van der Waals surface area contributed by atoms with E-state index in [1.165, 1.54) is 0 Å². The number of ether oxygens (including phenoxy) is 2. The molecule has 1 N–H and O–H groups in total. The molecule has 0 bridgehead atoms. The Hall–Kier alpha value is -2.35. The van der Waals surface area contributed by atoms with E-state index in [1.807, 2.05) is 25.1 Å². The van der Waals surface area contributed by atoms with Crippen LogP contribution in [0.3, 0.4) is 0 Å². The predicted molar refractivity (Wildman–Crippen MR) is 114 cm³/mol. The zero-order chi connectivity index (χ0) is 20.4. The van der Waals surface area contributed by atoms with Crippen LogP contribution in [-0.2, 0) is 16.1 Å². The van der Waals surface area contributed by atoms with Gasteiger partial charge in [-0.1, -0.05) is 11.6 Å². The molecule has 1 atom stereocenters. The maximum absolute atomic E-state index is 12.7. The molecule has 6 nitrogen and oxygen atoms in total. The van der Waals surface area contributed by atoms with Gasteiger partial charge in [0.25, 0.3) is 5.91 Å². The minimum atomic E-state index is -0.170. The fourth-order valence-corrected chi connectivity index (χ4v) is 3.67. The number of hydrogen-bond acceptors (Lipinski definition) is 5. The number of benzene rings is 1. The summed E-state index contributed by atoms with van der Waals surface area (Å²) in [7, 11) is 0. The van der Waals surface area contributed by atoms with Crippen molar-refractivity contribution in [2.45, 2.75) is 32.5 Å². The fraction of sp³-hybridized carbons (Fsp3) is 0.333. The monoisotopic (exact) mass is 432 g/mol. The fourth-order valence-electron chi connectivity index (χ4n) is 3.28. The zero-order valence-corrected chi connectivity index (χ0v) is 17.5. The lowest BCUT2D eigenvalue weighted by Gasteiger charge is -2.18. The number of carbonyl (C=O) groups is 1. The lowest BCUT2D eigenvalue weighted by Crippen LogP contribution is -2.37. The summed E-state index contributed by atoms with van der Waals surface area (Å²) < 4.78 is 17.1. The van der Waals surface area contributed by atoms with Gasteiger partial charge in [-0.15, -0.1) is 0 Å². The molecule has 152 valence electrons. The summed E-state index contributed by atoms with van der Waals surface area (Å²) >= 11 is 11.3. The number of amides is 1. The van der Waals surface area contributed by atoms with Crippen molar-refractivity contribution in [1.82, 2.24) is 10.2 Å². The van der Waals surface area contributed by atoms with Crippen molar-refractivity contribution in [2.24, 2.45) is 0 Å². The highest BCUT2D eigenvalue weighted by molar-refractivity contribution is 7.80. The number of nitrogens with zero attached hydrogens (tertiary/aromatic N) is 1. The number of thiocarbonyl (C=S) groups is 1. The predicted octanol–water partition coefficient (Wildman–Crippen LogP) is 4.06. The van der Waals surface area contributed by atoms with Crippen LogP contribution in [0.4, 0.5) is 0 Å². The molecule has 1 unspecified atom stereocenters. The minimum Gasteiger partial charge on any atom is -0.486 e. The van der Waals surface area contributed by atoms with Crippen molar-refractivity contribution in [3.05, 3.63) is 58.1 Å². The second-order valence-electron chi connectivity index (χ2n) is 7.04. The number of furan rings is 1. The molecule has 0 radical (unpaired) electrons. The number of rotatable bonds is 6. The van der Waals surface area contributed by atoms with Crippen molar-refractivity contribution in [2.75, 3.05) is 13.2 Å². The van der Waals surface area contributed by atoms with Gasteiger partial charge in [0.15, 0.2) is 5.11 Å². The molecule has 0 spiro atoms. The largest absolute Gasteiger partial charge is 0.486 e. The van der Waals surface area contributed by atoms with E-state index in [2.05, 4.69) is 5.32 Å². The highest BCUT2D eigenvalue weighted by Gasteiger charge is 2.33. The number of carbonyl (C=O) groups excluding carboxylic acids is 1. The molecule has 0 saturated carbocycles. The molecule has 2 aromatic rings. The van der Waals surface area contributed by atoms with E-state index in [9.17, 15) is 4.79 Å². The number of aryl methyl sites for hydroxylation is 1. The summed E-state index contributed by atoms with van der Waals surface area (Å²) in [6.07, 6.45) is 3.66. The molecule has 1 amide bonds. The first kappa shape index (κ1) is 19.9. The van der Waals surface area contributed by atoms with Gasteiger partial charge < -0.3 is 19.2 Å². The van der Waals surface area contributed by atoms with Crippen LogP contribution in [-0.4, -0.2) is 35.2 Å². The summed E-state index contributed by atoms with van der Waals surface area (Å²) in [5.41, 5.74) is 1.34. The van der Waals surface area contributed by atoms with Crippen molar-refractivity contribution in [3.8, 4) is 5.75 Å². The van der Waals surface area contributed by atoms with E-state index in [0.717, 1.165) is 25.0 Å². The summed E-state index contributed by atoms with van der Waals surface area (Å²) in [5.74, 6) is 1.74. The van der Waals surface area contributed by atoms with Crippen LogP contribution in [0.2, 0.25) is 5.02 Å². The smallest absolute Gasteiger partial charge is 0.276 e. The molecule has 3 heterocycles. The second-order valence-corrected chi connectivity index (χ2v) is 7.84. The first-order chi connectivity index (χ1) is 14.0. The van der Waals surface area contributed by atoms with Gasteiger partial charge >= 0.3 is 0 Å². The van der Waals surface area contributed by atoms with Gasteiger partial charge in [0.2, 0.25) is 0 Å². The third kappa shape index (κ3) is 4.63. The maximum Gasteiger partial charge on any atom is 0.276 e. The topological polar surface area (TPSA) is 63.9 Å². The van der Waals surface area contributed by atoms with Gasteiger partial charge in [0.1, 0.15) is 29.6 Å². The Morgan fingerprint density at radius 3 is 3.00 bits per heavy atom. The molecule has 8 heteroatoms. The van der Waals surface area contributed by atoms with Crippen molar-refractivity contribution >= 4 is 40.9 Å². The van der Waals surface area contributed by atoms with E-state index in [1.54, 1.807) is 23.1 Å². The molecule has 4 rings (SSSR count). The molecular weight excluding hydrogens is 412 g/mol. The first-order valence-electron chi connectivity index (χ1n) is 9.43. The maximum atomic E-state index is 12.7. The second kappa shape index (κ2) is 8.57. The number of halogens is 1. The van der Waals surface area contributed by atoms with E-state index in [0.29, 0.717) is 39.6 Å². The molecule has 2 aliphatic rings. The van der Waals surface area contributed by atoms with Crippen molar-refractivity contribution in [1.29, 1.82) is 0 Å². The summed E-state index contributed by atoms with van der Waals surface area (Å²) in [4.78, 5) is 14.2. The average molecular weight is 433 g/mol. The highest BCUT2D eigenvalue weighted by Crippen LogP contribution is 2.23. The SMILES string of the molecule is Cc1cc(OCc2ccc(/C=C3/NC(=S)N(CC4CCCO4)C3=O)o2)ccc1Cl. The molecule has 1 aromatic heterocycles. The molecular formula is C21H21ClN2O4S. The van der Waals surface area contributed by atoms with Gasteiger partial charge in [-0.05, 0) is 67.9 Å². The lowest BCUT2D eigenvalue weighted by atomic mass is 10.2. The lowest BCUT2D eigenvalue weighted by molar-refractivity contribution is -0.123. The van der Waals surface area contributed by atoms with Crippen LogP contribution in [0.25, 0.3) is 6.08 Å². The number of nitrogens with one attached hydrogen (secondary N) is 1. The Balaban J connectivity index is 1.38. The van der Waals surface area contributed by atoms with E-state index < -0.39 is 0 Å². The van der Waals surface area contributed by atoms with Crippen LogP contribution in [0.5, 0.6) is 5.75 Å². The number of hydrogen-bond donors (Lipinski definition) is 1. The summed E-state index contributed by atoms with van der Waals surface area (Å²) in [6.45, 7) is 3.40. The third-order valence-electron chi connectivity index (χ3n) is 4.85.